The van der Waals surface area contributed by atoms with Crippen LogP contribution in [-0.4, -0.2) is 42.1 Å². The number of hydrogen-bond donors (Lipinski definition) is 3. The zero-order valence-electron chi connectivity index (χ0n) is 13.0. The lowest BCUT2D eigenvalue weighted by molar-refractivity contribution is -0.159. The van der Waals surface area contributed by atoms with Crippen molar-refractivity contribution in [3.05, 3.63) is 51.8 Å². The molecule has 2 rings (SSSR count). The monoisotopic (exact) mass is 417 g/mol. The maximum absolute atomic E-state index is 14.0. The van der Waals surface area contributed by atoms with Crippen LogP contribution in [0.4, 0.5) is 14.5 Å². The number of nitrogens with zero attached hydrogens (tertiary/aromatic N) is 1. The van der Waals surface area contributed by atoms with Gasteiger partial charge >= 0.3 is 5.97 Å². The average molecular weight is 418 g/mol. The number of aliphatic hydroxyl groups is 1. The van der Waals surface area contributed by atoms with E-state index in [1.165, 1.54) is 24.1 Å². The van der Waals surface area contributed by atoms with E-state index >= 15 is 0 Å². The summed E-state index contributed by atoms with van der Waals surface area (Å²) in [6.45, 7) is -1.06. The Morgan fingerprint density at radius 2 is 2.12 bits per heavy atom. The third kappa shape index (κ3) is 4.77. The standard InChI is InChI=1S/C15H14BrF2N3O4/c1-21-6-9(17)5-10(15(24)20-25-13(23)7-22)14(21)19-12-3-2-8(16)4-11(12)18/h2-5,19,22H,6-7H2,1H3,(H,20,24). The Morgan fingerprint density at radius 3 is 2.76 bits per heavy atom. The molecule has 134 valence electrons. The number of rotatable bonds is 4. The Labute approximate surface area is 150 Å². The maximum atomic E-state index is 14.0. The average Bonchev–Trinajstić information content (AvgIpc) is 2.56. The van der Waals surface area contributed by atoms with E-state index in [2.05, 4.69) is 26.1 Å². The van der Waals surface area contributed by atoms with Crippen LogP contribution in [0.15, 0.2) is 46.0 Å². The Hall–Kier alpha value is -2.46. The van der Waals surface area contributed by atoms with E-state index in [0.717, 1.165) is 6.08 Å². The van der Waals surface area contributed by atoms with Gasteiger partial charge in [-0.3, -0.25) is 4.79 Å². The minimum atomic E-state index is -1.09. The van der Waals surface area contributed by atoms with Gasteiger partial charge < -0.3 is 20.2 Å². The lowest BCUT2D eigenvalue weighted by atomic mass is 10.1. The van der Waals surface area contributed by atoms with Crippen molar-refractivity contribution in [3.8, 4) is 0 Å². The molecule has 0 fully saturated rings. The third-order valence-electron chi connectivity index (χ3n) is 3.14. The molecule has 0 radical (unpaired) electrons. The number of hydrogen-bond acceptors (Lipinski definition) is 6. The highest BCUT2D eigenvalue weighted by Crippen LogP contribution is 2.26. The molecule has 0 atom stereocenters. The molecule has 1 aliphatic heterocycles. The zero-order valence-corrected chi connectivity index (χ0v) is 14.6. The second kappa shape index (κ2) is 8.08. The van der Waals surface area contributed by atoms with Crippen LogP contribution >= 0.6 is 15.9 Å². The van der Waals surface area contributed by atoms with Crippen LogP contribution in [0.2, 0.25) is 0 Å². The minimum absolute atomic E-state index is 0.0680. The van der Waals surface area contributed by atoms with E-state index in [-0.39, 0.29) is 23.6 Å². The molecule has 25 heavy (non-hydrogen) atoms. The topological polar surface area (TPSA) is 90.9 Å². The number of aliphatic hydroxyl groups excluding tert-OH is 1. The van der Waals surface area contributed by atoms with Gasteiger partial charge in [0.1, 0.15) is 24.1 Å². The first kappa shape index (κ1) is 18.9. The lowest BCUT2D eigenvalue weighted by Crippen LogP contribution is -2.36. The van der Waals surface area contributed by atoms with Crippen molar-refractivity contribution < 1.29 is 28.3 Å². The minimum Gasteiger partial charge on any atom is -0.385 e. The van der Waals surface area contributed by atoms with Gasteiger partial charge in [-0.1, -0.05) is 15.9 Å². The van der Waals surface area contributed by atoms with Gasteiger partial charge in [0.2, 0.25) is 0 Å². The Balaban J connectivity index is 2.32. The molecule has 3 N–H and O–H groups in total. The number of halogens is 3. The van der Waals surface area contributed by atoms with Crippen LogP contribution in [0.3, 0.4) is 0 Å². The zero-order chi connectivity index (χ0) is 18.6. The fourth-order valence-corrected chi connectivity index (χ4v) is 2.36. The first-order valence-electron chi connectivity index (χ1n) is 6.96. The smallest absolute Gasteiger partial charge is 0.357 e. The van der Waals surface area contributed by atoms with Crippen molar-refractivity contribution >= 4 is 33.5 Å². The number of anilines is 1. The van der Waals surface area contributed by atoms with Crippen LogP contribution in [-0.2, 0) is 14.4 Å². The molecule has 10 heteroatoms. The van der Waals surface area contributed by atoms with Crippen LogP contribution in [0.25, 0.3) is 0 Å². The molecule has 1 amide bonds. The molecule has 7 nitrogen and oxygen atoms in total. The summed E-state index contributed by atoms with van der Waals surface area (Å²) in [5.74, 6) is -3.11. The fraction of sp³-hybridized carbons (Fsp3) is 0.200. The Morgan fingerprint density at radius 1 is 1.40 bits per heavy atom. The Bertz CT molecular complexity index is 767. The first-order chi connectivity index (χ1) is 11.8. The number of benzene rings is 1. The molecule has 0 spiro atoms. The van der Waals surface area contributed by atoms with E-state index in [0.29, 0.717) is 4.47 Å². The molecule has 0 aliphatic carbocycles. The number of carbonyl (C=O) groups is 2. The van der Waals surface area contributed by atoms with Gasteiger partial charge in [-0.05, 0) is 24.3 Å². The van der Waals surface area contributed by atoms with Crippen LogP contribution < -0.4 is 10.8 Å². The van der Waals surface area contributed by atoms with Gasteiger partial charge in [0.25, 0.3) is 5.91 Å². The quantitative estimate of drug-likeness (QED) is 0.644. The van der Waals surface area contributed by atoms with Gasteiger partial charge in [-0.15, -0.1) is 0 Å². The summed E-state index contributed by atoms with van der Waals surface area (Å²) in [5.41, 5.74) is 1.66. The molecular weight excluding hydrogens is 404 g/mol. The lowest BCUT2D eigenvalue weighted by Gasteiger charge is -2.28. The van der Waals surface area contributed by atoms with Crippen molar-refractivity contribution in [2.45, 2.75) is 0 Å². The van der Waals surface area contributed by atoms with Crippen molar-refractivity contribution in [2.75, 3.05) is 25.5 Å². The second-order valence-electron chi connectivity index (χ2n) is 5.02. The highest BCUT2D eigenvalue weighted by molar-refractivity contribution is 9.10. The SMILES string of the molecule is CN1CC(F)=CC(C(=O)NOC(=O)CO)=C1Nc1ccc(Br)cc1F. The number of hydroxylamine groups is 1. The highest BCUT2D eigenvalue weighted by Gasteiger charge is 2.24. The normalized spacial score (nSPS) is 14.1. The predicted octanol–water partition coefficient (Wildman–Crippen LogP) is 1.58. The van der Waals surface area contributed by atoms with E-state index in [1.54, 1.807) is 11.5 Å². The summed E-state index contributed by atoms with van der Waals surface area (Å²) < 4.78 is 28.2. The highest BCUT2D eigenvalue weighted by atomic mass is 79.9. The number of likely N-dealkylation sites (N-methyl/N-ethyl adjacent to an activating group) is 1. The molecule has 0 unspecified atom stereocenters. The Kier molecular flexibility index (Phi) is 6.10. The van der Waals surface area contributed by atoms with Crippen LogP contribution in [0.1, 0.15) is 0 Å². The second-order valence-corrected chi connectivity index (χ2v) is 5.94. The van der Waals surface area contributed by atoms with E-state index < -0.39 is 30.1 Å². The largest absolute Gasteiger partial charge is 0.385 e. The van der Waals surface area contributed by atoms with Gasteiger partial charge in [-0.2, -0.15) is 5.48 Å². The molecular formula is C15H14BrF2N3O4. The van der Waals surface area contributed by atoms with E-state index in [4.69, 9.17) is 5.11 Å². The molecule has 0 saturated carbocycles. The first-order valence-corrected chi connectivity index (χ1v) is 7.75. The van der Waals surface area contributed by atoms with Gasteiger partial charge in [0.15, 0.2) is 0 Å². The third-order valence-corrected chi connectivity index (χ3v) is 3.63. The van der Waals surface area contributed by atoms with Crippen molar-refractivity contribution in [2.24, 2.45) is 0 Å². The molecule has 0 bridgehead atoms. The summed E-state index contributed by atoms with van der Waals surface area (Å²) in [7, 11) is 1.50. The number of amides is 1. The fourth-order valence-electron chi connectivity index (χ4n) is 2.03. The summed E-state index contributed by atoms with van der Waals surface area (Å²) in [5, 5.41) is 11.3. The van der Waals surface area contributed by atoms with Gasteiger partial charge in [0, 0.05) is 11.5 Å². The molecule has 0 saturated heterocycles. The molecule has 1 aromatic carbocycles. The maximum Gasteiger partial charge on any atom is 0.357 e. The number of carbonyl (C=O) groups excluding carboxylic acids is 2. The van der Waals surface area contributed by atoms with Crippen LogP contribution in [0, 0.1) is 5.82 Å². The predicted molar refractivity (Wildman–Crippen MR) is 87.9 cm³/mol. The molecule has 1 aliphatic rings. The van der Waals surface area contributed by atoms with Gasteiger partial charge in [-0.25, -0.2) is 13.6 Å². The van der Waals surface area contributed by atoms with E-state index in [9.17, 15) is 18.4 Å². The van der Waals surface area contributed by atoms with Crippen molar-refractivity contribution in [3.63, 3.8) is 0 Å². The summed E-state index contributed by atoms with van der Waals surface area (Å²) in [4.78, 5) is 28.7. The molecule has 1 aromatic rings. The van der Waals surface area contributed by atoms with Gasteiger partial charge in [0.05, 0.1) is 17.8 Å². The number of nitrogens with one attached hydrogen (secondary N) is 2. The summed E-state index contributed by atoms with van der Waals surface area (Å²) in [6.07, 6.45) is 0.946. The van der Waals surface area contributed by atoms with Crippen LogP contribution in [0.5, 0.6) is 0 Å². The van der Waals surface area contributed by atoms with E-state index in [1.807, 2.05) is 0 Å². The summed E-state index contributed by atoms with van der Waals surface area (Å²) >= 11 is 3.13. The van der Waals surface area contributed by atoms with Crippen molar-refractivity contribution in [1.29, 1.82) is 0 Å². The summed E-state index contributed by atoms with van der Waals surface area (Å²) in [6, 6.07) is 4.26. The van der Waals surface area contributed by atoms with Crippen molar-refractivity contribution in [1.82, 2.24) is 10.4 Å². The molecule has 0 aromatic heterocycles. The molecule has 1 heterocycles.